The van der Waals surface area contributed by atoms with Gasteiger partial charge < -0.3 is 4.74 Å². The fourth-order valence-electron chi connectivity index (χ4n) is 1.55. The maximum absolute atomic E-state index is 8.87. The molecule has 0 saturated carbocycles. The molecule has 90 valence electrons. The minimum Gasteiger partial charge on any atom is -0.457 e. The second-order valence-electron chi connectivity index (χ2n) is 3.97. The van der Waals surface area contributed by atoms with E-state index >= 15 is 0 Å². The van der Waals surface area contributed by atoms with Crippen molar-refractivity contribution >= 4 is 11.6 Å². The summed E-state index contributed by atoms with van der Waals surface area (Å²) in [5.74, 6) is 1.93. The van der Waals surface area contributed by atoms with Crippen molar-refractivity contribution in [1.29, 1.82) is 5.26 Å². The molecule has 0 N–H and O–H groups in total. The van der Waals surface area contributed by atoms with Crippen LogP contribution >= 0.6 is 11.6 Å². The van der Waals surface area contributed by atoms with Crippen LogP contribution in [0, 0.1) is 18.3 Å². The van der Waals surface area contributed by atoms with E-state index in [1.165, 1.54) is 0 Å². The molecule has 3 heteroatoms. The number of benzene rings is 2. The molecule has 2 rings (SSSR count). The number of halogens is 1. The van der Waals surface area contributed by atoms with Gasteiger partial charge in [0.1, 0.15) is 11.5 Å². The maximum Gasteiger partial charge on any atom is 0.131 e. The van der Waals surface area contributed by atoms with Gasteiger partial charge in [0, 0.05) is 5.88 Å². The zero-order valence-corrected chi connectivity index (χ0v) is 10.7. The smallest absolute Gasteiger partial charge is 0.131 e. The molecule has 0 radical (unpaired) electrons. The molecule has 0 aliphatic carbocycles. The Labute approximate surface area is 111 Å². The van der Waals surface area contributed by atoms with Crippen molar-refractivity contribution in [3.63, 3.8) is 0 Å². The van der Waals surface area contributed by atoms with Crippen molar-refractivity contribution in [2.24, 2.45) is 0 Å². The molecule has 2 aromatic carbocycles. The zero-order valence-electron chi connectivity index (χ0n) is 9.98. The van der Waals surface area contributed by atoms with Crippen LogP contribution in [-0.4, -0.2) is 0 Å². The lowest BCUT2D eigenvalue weighted by atomic mass is 10.1. The molecule has 0 amide bonds. The van der Waals surface area contributed by atoms with Crippen molar-refractivity contribution < 1.29 is 4.74 Å². The molecule has 0 aromatic heterocycles. The normalized spacial score (nSPS) is 9.83. The van der Waals surface area contributed by atoms with E-state index in [4.69, 9.17) is 21.6 Å². The van der Waals surface area contributed by atoms with Gasteiger partial charge in [0.15, 0.2) is 0 Å². The van der Waals surface area contributed by atoms with Crippen LogP contribution in [0.4, 0.5) is 0 Å². The summed E-state index contributed by atoms with van der Waals surface area (Å²) in [5, 5.41) is 8.87. The largest absolute Gasteiger partial charge is 0.457 e. The van der Waals surface area contributed by atoms with Crippen LogP contribution in [0.3, 0.4) is 0 Å². The number of hydrogen-bond acceptors (Lipinski definition) is 2. The zero-order chi connectivity index (χ0) is 13.0. The van der Waals surface area contributed by atoms with Crippen LogP contribution in [-0.2, 0) is 5.88 Å². The Balaban J connectivity index is 2.25. The van der Waals surface area contributed by atoms with Gasteiger partial charge in [-0.25, -0.2) is 0 Å². The number of nitrogens with zero attached hydrogens (tertiary/aromatic N) is 1. The van der Waals surface area contributed by atoms with Crippen LogP contribution in [0.15, 0.2) is 42.5 Å². The molecule has 0 fully saturated rings. The van der Waals surface area contributed by atoms with Crippen molar-refractivity contribution in [1.82, 2.24) is 0 Å². The first-order valence-corrected chi connectivity index (χ1v) is 6.10. The van der Waals surface area contributed by atoms with Crippen LogP contribution in [0.2, 0.25) is 0 Å². The molecule has 0 aliphatic heterocycles. The lowest BCUT2D eigenvalue weighted by Gasteiger charge is -2.09. The van der Waals surface area contributed by atoms with E-state index in [0.717, 1.165) is 16.9 Å². The highest BCUT2D eigenvalue weighted by atomic mass is 35.5. The van der Waals surface area contributed by atoms with Gasteiger partial charge in [-0.05, 0) is 42.3 Å². The van der Waals surface area contributed by atoms with Crippen LogP contribution in [0.5, 0.6) is 11.5 Å². The summed E-state index contributed by atoms with van der Waals surface area (Å²) >= 11 is 5.73. The number of rotatable bonds is 3. The average molecular weight is 258 g/mol. The first-order chi connectivity index (χ1) is 8.72. The van der Waals surface area contributed by atoms with Gasteiger partial charge in [0.2, 0.25) is 0 Å². The van der Waals surface area contributed by atoms with E-state index in [1.54, 1.807) is 12.1 Å². The molecule has 2 nitrogen and oxygen atoms in total. The third kappa shape index (κ3) is 2.82. The SMILES string of the molecule is Cc1ccc(C#N)cc1Oc1ccc(CCl)cc1. The average Bonchev–Trinajstić information content (AvgIpc) is 2.42. The molecule has 0 unspecified atom stereocenters. The number of alkyl halides is 1. The molecule has 2 aromatic rings. The Bertz CT molecular complexity index is 584. The molecular formula is C15H12ClNO. The monoisotopic (exact) mass is 257 g/mol. The molecule has 0 saturated heterocycles. The van der Waals surface area contributed by atoms with E-state index < -0.39 is 0 Å². The van der Waals surface area contributed by atoms with E-state index in [2.05, 4.69) is 6.07 Å². The lowest BCUT2D eigenvalue weighted by Crippen LogP contribution is -1.89. The number of ether oxygens (including phenoxy) is 1. The van der Waals surface area contributed by atoms with Gasteiger partial charge in [-0.1, -0.05) is 18.2 Å². The summed E-state index contributed by atoms with van der Waals surface area (Å²) in [4.78, 5) is 0. The minimum atomic E-state index is 0.489. The third-order valence-electron chi connectivity index (χ3n) is 2.62. The molecule has 18 heavy (non-hydrogen) atoms. The highest BCUT2D eigenvalue weighted by Gasteiger charge is 2.03. The Morgan fingerprint density at radius 3 is 2.50 bits per heavy atom. The maximum atomic E-state index is 8.87. The molecule has 0 spiro atoms. The third-order valence-corrected chi connectivity index (χ3v) is 2.93. The predicted molar refractivity (Wildman–Crippen MR) is 72.0 cm³/mol. The highest BCUT2D eigenvalue weighted by molar-refractivity contribution is 6.17. The first kappa shape index (κ1) is 12.5. The highest BCUT2D eigenvalue weighted by Crippen LogP contribution is 2.26. The molecule has 0 atom stereocenters. The van der Waals surface area contributed by atoms with Crippen LogP contribution in [0.1, 0.15) is 16.7 Å². The standard InChI is InChI=1S/C15H12ClNO/c1-11-2-3-13(10-17)8-15(11)18-14-6-4-12(9-16)5-7-14/h2-8H,9H2,1H3. The summed E-state index contributed by atoms with van der Waals surface area (Å²) < 4.78 is 5.76. The number of aryl methyl sites for hydroxylation is 1. The molecule has 0 heterocycles. The summed E-state index contributed by atoms with van der Waals surface area (Å²) in [7, 11) is 0. The van der Waals surface area contributed by atoms with Crippen molar-refractivity contribution in [2.45, 2.75) is 12.8 Å². The predicted octanol–water partition coefficient (Wildman–Crippen LogP) is 4.40. The second kappa shape index (κ2) is 5.57. The van der Waals surface area contributed by atoms with Gasteiger partial charge in [0.05, 0.1) is 11.6 Å². The number of nitriles is 1. The van der Waals surface area contributed by atoms with E-state index in [0.29, 0.717) is 17.2 Å². The van der Waals surface area contributed by atoms with Crippen LogP contribution in [0.25, 0.3) is 0 Å². The quantitative estimate of drug-likeness (QED) is 0.764. The topological polar surface area (TPSA) is 33.0 Å². The Morgan fingerprint density at radius 2 is 1.89 bits per heavy atom. The summed E-state index contributed by atoms with van der Waals surface area (Å²) in [6, 6.07) is 15.1. The fourth-order valence-corrected chi connectivity index (χ4v) is 1.73. The van der Waals surface area contributed by atoms with Gasteiger partial charge in [-0.2, -0.15) is 5.26 Å². The summed E-state index contributed by atoms with van der Waals surface area (Å²) in [5.41, 5.74) is 2.63. The van der Waals surface area contributed by atoms with Crippen molar-refractivity contribution in [2.75, 3.05) is 0 Å². The van der Waals surface area contributed by atoms with Gasteiger partial charge in [0.25, 0.3) is 0 Å². The van der Waals surface area contributed by atoms with Crippen molar-refractivity contribution in [3.05, 3.63) is 59.2 Å². The molecule has 0 bridgehead atoms. The van der Waals surface area contributed by atoms with Gasteiger partial charge >= 0.3 is 0 Å². The number of hydrogen-bond donors (Lipinski definition) is 0. The van der Waals surface area contributed by atoms with Crippen LogP contribution < -0.4 is 4.74 Å². The summed E-state index contributed by atoms with van der Waals surface area (Å²) in [6.07, 6.45) is 0. The Kier molecular flexibility index (Phi) is 3.86. The van der Waals surface area contributed by atoms with Gasteiger partial charge in [-0.3, -0.25) is 0 Å². The van der Waals surface area contributed by atoms with Gasteiger partial charge in [-0.15, -0.1) is 11.6 Å². The second-order valence-corrected chi connectivity index (χ2v) is 4.24. The van der Waals surface area contributed by atoms with E-state index in [9.17, 15) is 0 Å². The van der Waals surface area contributed by atoms with Crippen molar-refractivity contribution in [3.8, 4) is 17.6 Å². The van der Waals surface area contributed by atoms with E-state index in [1.807, 2.05) is 37.3 Å². The Hall–Kier alpha value is -1.98. The molecule has 0 aliphatic rings. The minimum absolute atomic E-state index is 0.489. The Morgan fingerprint density at radius 1 is 1.17 bits per heavy atom. The fraction of sp³-hybridized carbons (Fsp3) is 0.133. The molecular weight excluding hydrogens is 246 g/mol. The van der Waals surface area contributed by atoms with E-state index in [-0.39, 0.29) is 0 Å². The summed E-state index contributed by atoms with van der Waals surface area (Å²) in [6.45, 7) is 1.95. The lowest BCUT2D eigenvalue weighted by molar-refractivity contribution is 0.478. The first-order valence-electron chi connectivity index (χ1n) is 5.56.